The standard InChI is InChI=1S/C15H14ClN3OS/c1-9-5-11-14(18-8-19-15(11)21-9)17-7-10-3-4-13(20-2)12(16)6-10/h3-6,8H,7H2,1-2H3,(H,17,18,19). The van der Waals surface area contributed by atoms with E-state index in [-0.39, 0.29) is 0 Å². The minimum Gasteiger partial charge on any atom is -0.495 e. The Morgan fingerprint density at radius 1 is 1.29 bits per heavy atom. The largest absolute Gasteiger partial charge is 0.495 e. The fraction of sp³-hybridized carbons (Fsp3) is 0.200. The van der Waals surface area contributed by atoms with Gasteiger partial charge in [0.15, 0.2) is 0 Å². The zero-order valence-corrected chi connectivity index (χ0v) is 13.3. The van der Waals surface area contributed by atoms with Crippen LogP contribution in [0.5, 0.6) is 5.75 Å². The van der Waals surface area contributed by atoms with Crippen LogP contribution in [0.15, 0.2) is 30.6 Å². The van der Waals surface area contributed by atoms with Gasteiger partial charge in [0.1, 0.15) is 22.7 Å². The van der Waals surface area contributed by atoms with E-state index in [0.717, 1.165) is 21.6 Å². The molecule has 1 aromatic carbocycles. The lowest BCUT2D eigenvalue weighted by Gasteiger charge is -2.08. The number of ether oxygens (including phenoxy) is 1. The summed E-state index contributed by atoms with van der Waals surface area (Å²) in [4.78, 5) is 10.8. The van der Waals surface area contributed by atoms with E-state index in [1.165, 1.54) is 4.88 Å². The maximum absolute atomic E-state index is 6.13. The SMILES string of the molecule is COc1ccc(CNc2ncnc3sc(C)cc23)cc1Cl. The molecule has 0 spiro atoms. The van der Waals surface area contributed by atoms with E-state index in [4.69, 9.17) is 16.3 Å². The number of aromatic nitrogens is 2. The number of nitrogens with one attached hydrogen (secondary N) is 1. The van der Waals surface area contributed by atoms with Crippen molar-refractivity contribution < 1.29 is 4.74 Å². The minimum atomic E-state index is 0.607. The highest BCUT2D eigenvalue weighted by Crippen LogP contribution is 2.28. The number of hydrogen-bond donors (Lipinski definition) is 1. The molecule has 0 aliphatic heterocycles. The lowest BCUT2D eigenvalue weighted by atomic mass is 10.2. The summed E-state index contributed by atoms with van der Waals surface area (Å²) < 4.78 is 5.15. The van der Waals surface area contributed by atoms with E-state index < -0.39 is 0 Å². The molecular weight excluding hydrogens is 306 g/mol. The zero-order chi connectivity index (χ0) is 14.8. The molecule has 3 rings (SSSR count). The zero-order valence-electron chi connectivity index (χ0n) is 11.7. The van der Waals surface area contributed by atoms with Crippen LogP contribution < -0.4 is 10.1 Å². The summed E-state index contributed by atoms with van der Waals surface area (Å²) >= 11 is 7.80. The number of hydrogen-bond acceptors (Lipinski definition) is 5. The Morgan fingerprint density at radius 3 is 2.90 bits per heavy atom. The van der Waals surface area contributed by atoms with Crippen LogP contribution in [0.3, 0.4) is 0 Å². The summed E-state index contributed by atoms with van der Waals surface area (Å²) in [6.07, 6.45) is 1.58. The molecule has 108 valence electrons. The van der Waals surface area contributed by atoms with Crippen LogP contribution in [-0.4, -0.2) is 17.1 Å². The molecule has 0 aliphatic carbocycles. The molecule has 2 heterocycles. The molecule has 0 radical (unpaired) electrons. The molecular formula is C15H14ClN3OS. The molecule has 0 bridgehead atoms. The molecule has 4 nitrogen and oxygen atoms in total. The van der Waals surface area contributed by atoms with Gasteiger partial charge in [-0.25, -0.2) is 9.97 Å². The summed E-state index contributed by atoms with van der Waals surface area (Å²) in [6, 6.07) is 7.84. The van der Waals surface area contributed by atoms with Gasteiger partial charge in [-0.15, -0.1) is 11.3 Å². The summed E-state index contributed by atoms with van der Waals surface area (Å²) in [7, 11) is 1.61. The average molecular weight is 320 g/mol. The lowest BCUT2D eigenvalue weighted by Crippen LogP contribution is -2.02. The number of methoxy groups -OCH3 is 1. The second-order valence-electron chi connectivity index (χ2n) is 4.62. The summed E-state index contributed by atoms with van der Waals surface area (Å²) in [5.74, 6) is 1.52. The highest BCUT2D eigenvalue weighted by atomic mass is 35.5. The predicted octanol–water partition coefficient (Wildman–Crippen LogP) is 4.27. The molecule has 0 fully saturated rings. The van der Waals surface area contributed by atoms with Gasteiger partial charge in [-0.05, 0) is 30.7 Å². The molecule has 1 N–H and O–H groups in total. The van der Waals surface area contributed by atoms with Crippen molar-refractivity contribution in [3.8, 4) is 5.75 Å². The van der Waals surface area contributed by atoms with Gasteiger partial charge in [-0.2, -0.15) is 0 Å². The quantitative estimate of drug-likeness (QED) is 0.780. The number of rotatable bonds is 4. The van der Waals surface area contributed by atoms with Gasteiger partial charge in [-0.3, -0.25) is 0 Å². The first-order valence-electron chi connectivity index (χ1n) is 6.45. The first-order chi connectivity index (χ1) is 10.2. The van der Waals surface area contributed by atoms with E-state index in [1.807, 2.05) is 18.2 Å². The maximum atomic E-state index is 6.13. The molecule has 3 aromatic rings. The Balaban J connectivity index is 1.81. The normalized spacial score (nSPS) is 10.8. The smallest absolute Gasteiger partial charge is 0.138 e. The van der Waals surface area contributed by atoms with Gasteiger partial charge in [-0.1, -0.05) is 17.7 Å². The van der Waals surface area contributed by atoms with Crippen molar-refractivity contribution in [1.82, 2.24) is 9.97 Å². The predicted molar refractivity (Wildman–Crippen MR) is 87.5 cm³/mol. The van der Waals surface area contributed by atoms with Crippen LogP contribution in [0, 0.1) is 6.92 Å². The fourth-order valence-corrected chi connectivity index (χ4v) is 3.25. The van der Waals surface area contributed by atoms with Gasteiger partial charge < -0.3 is 10.1 Å². The highest BCUT2D eigenvalue weighted by Gasteiger charge is 2.07. The van der Waals surface area contributed by atoms with E-state index in [2.05, 4.69) is 28.3 Å². The molecule has 2 aromatic heterocycles. The van der Waals surface area contributed by atoms with Crippen LogP contribution in [0.4, 0.5) is 5.82 Å². The Labute approximate surface area is 131 Å². The highest BCUT2D eigenvalue weighted by molar-refractivity contribution is 7.18. The number of anilines is 1. The molecule has 0 saturated heterocycles. The van der Waals surface area contributed by atoms with Crippen molar-refractivity contribution in [3.05, 3.63) is 46.1 Å². The van der Waals surface area contributed by atoms with Crippen LogP contribution in [0.2, 0.25) is 5.02 Å². The van der Waals surface area contributed by atoms with Crippen molar-refractivity contribution >= 4 is 39.0 Å². The van der Waals surface area contributed by atoms with Crippen molar-refractivity contribution in [2.45, 2.75) is 13.5 Å². The third-order valence-corrected chi connectivity index (χ3v) is 4.38. The van der Waals surface area contributed by atoms with Crippen molar-refractivity contribution in [1.29, 1.82) is 0 Å². The number of thiophene rings is 1. The topological polar surface area (TPSA) is 47.0 Å². The summed E-state index contributed by atoms with van der Waals surface area (Å²) in [6.45, 7) is 2.71. The molecule has 0 saturated carbocycles. The maximum Gasteiger partial charge on any atom is 0.138 e. The van der Waals surface area contributed by atoms with Crippen molar-refractivity contribution in [2.24, 2.45) is 0 Å². The fourth-order valence-electron chi connectivity index (χ4n) is 2.12. The van der Waals surface area contributed by atoms with Gasteiger partial charge in [0.2, 0.25) is 0 Å². The lowest BCUT2D eigenvalue weighted by molar-refractivity contribution is 0.415. The average Bonchev–Trinajstić information content (AvgIpc) is 2.86. The Morgan fingerprint density at radius 2 is 2.14 bits per heavy atom. The number of benzene rings is 1. The molecule has 0 atom stereocenters. The number of nitrogens with zero attached hydrogens (tertiary/aromatic N) is 2. The Kier molecular flexibility index (Phi) is 3.94. The van der Waals surface area contributed by atoms with Gasteiger partial charge in [0.05, 0.1) is 17.5 Å². The second-order valence-corrected chi connectivity index (χ2v) is 6.26. The molecule has 0 unspecified atom stereocenters. The number of fused-ring (bicyclic) bond motifs is 1. The summed E-state index contributed by atoms with van der Waals surface area (Å²) in [5.41, 5.74) is 1.07. The van der Waals surface area contributed by atoms with Crippen molar-refractivity contribution in [2.75, 3.05) is 12.4 Å². The van der Waals surface area contributed by atoms with Gasteiger partial charge in [0, 0.05) is 11.4 Å². The van der Waals surface area contributed by atoms with E-state index >= 15 is 0 Å². The molecule has 0 amide bonds. The van der Waals surface area contributed by atoms with Gasteiger partial charge >= 0.3 is 0 Å². The first-order valence-corrected chi connectivity index (χ1v) is 7.64. The monoisotopic (exact) mass is 319 g/mol. The number of halogens is 1. The van der Waals surface area contributed by atoms with Crippen molar-refractivity contribution in [3.63, 3.8) is 0 Å². The van der Waals surface area contributed by atoms with Crippen LogP contribution in [0.1, 0.15) is 10.4 Å². The third-order valence-electron chi connectivity index (χ3n) is 3.13. The molecule has 6 heteroatoms. The summed E-state index contributed by atoms with van der Waals surface area (Å²) in [5, 5.41) is 5.00. The first kappa shape index (κ1) is 14.1. The van der Waals surface area contributed by atoms with E-state index in [0.29, 0.717) is 17.3 Å². The minimum absolute atomic E-state index is 0.607. The van der Waals surface area contributed by atoms with Gasteiger partial charge in [0.25, 0.3) is 0 Å². The van der Waals surface area contributed by atoms with E-state index in [9.17, 15) is 0 Å². The third kappa shape index (κ3) is 2.94. The van der Waals surface area contributed by atoms with Crippen LogP contribution in [-0.2, 0) is 6.54 Å². The molecule has 0 aliphatic rings. The van der Waals surface area contributed by atoms with Crippen LogP contribution >= 0.6 is 22.9 Å². The second kappa shape index (κ2) is 5.87. The molecule has 21 heavy (non-hydrogen) atoms. The Bertz CT molecular complexity index is 788. The number of aryl methyl sites for hydroxylation is 1. The van der Waals surface area contributed by atoms with Crippen LogP contribution in [0.25, 0.3) is 10.2 Å². The van der Waals surface area contributed by atoms with E-state index in [1.54, 1.807) is 24.8 Å². The Hall–Kier alpha value is -1.85.